The molecule has 3 heteroatoms. The molecule has 0 amide bonds. The third-order valence-corrected chi connectivity index (χ3v) is 2.57. The number of carbonyl (C=O) groups is 1. The van der Waals surface area contributed by atoms with Crippen LogP contribution in [0.4, 0.5) is 0 Å². The second kappa shape index (κ2) is 2.44. The monoisotopic (exact) mass is 164 g/mol. The summed E-state index contributed by atoms with van der Waals surface area (Å²) in [6, 6.07) is 0. The molecule has 0 N–H and O–H groups in total. The van der Waals surface area contributed by atoms with Gasteiger partial charge in [0.1, 0.15) is 12.1 Å². The van der Waals surface area contributed by atoms with E-state index in [2.05, 4.69) is 4.98 Å². The predicted octanol–water partition coefficient (Wildman–Crippen LogP) is 0.942. The van der Waals surface area contributed by atoms with E-state index in [0.717, 1.165) is 31.4 Å². The van der Waals surface area contributed by atoms with Crippen LogP contribution in [-0.2, 0) is 18.3 Å². The Hall–Kier alpha value is -1.12. The Kier molecular flexibility index (Phi) is 1.53. The van der Waals surface area contributed by atoms with Crippen LogP contribution in [0.2, 0.25) is 0 Å². The highest BCUT2D eigenvalue weighted by atomic mass is 16.1. The molecule has 0 atom stereocenters. The molecule has 1 fully saturated rings. The van der Waals surface area contributed by atoms with Gasteiger partial charge in [-0.1, -0.05) is 0 Å². The highest BCUT2D eigenvalue weighted by Crippen LogP contribution is 2.45. The molecule has 0 unspecified atom stereocenters. The van der Waals surface area contributed by atoms with Crippen LogP contribution >= 0.6 is 0 Å². The van der Waals surface area contributed by atoms with Gasteiger partial charge in [0.25, 0.3) is 0 Å². The van der Waals surface area contributed by atoms with Crippen molar-refractivity contribution in [3.05, 3.63) is 18.2 Å². The molecule has 1 saturated carbocycles. The van der Waals surface area contributed by atoms with Gasteiger partial charge in [-0.3, -0.25) is 0 Å². The Morgan fingerprint density at radius 3 is 2.92 bits per heavy atom. The van der Waals surface area contributed by atoms with E-state index in [1.807, 2.05) is 17.8 Å². The predicted molar refractivity (Wildman–Crippen MR) is 44.6 cm³/mol. The van der Waals surface area contributed by atoms with Gasteiger partial charge >= 0.3 is 0 Å². The van der Waals surface area contributed by atoms with E-state index in [-0.39, 0.29) is 5.41 Å². The fraction of sp³-hybridized carbons (Fsp3) is 0.556. The lowest BCUT2D eigenvalue weighted by Crippen LogP contribution is -2.10. The lowest BCUT2D eigenvalue weighted by molar-refractivity contribution is -0.112. The maximum Gasteiger partial charge on any atom is 0.126 e. The van der Waals surface area contributed by atoms with Crippen LogP contribution in [0, 0.1) is 5.41 Å². The van der Waals surface area contributed by atoms with Gasteiger partial charge in [0.05, 0.1) is 0 Å². The number of aromatic nitrogens is 2. The molecule has 0 aromatic carbocycles. The van der Waals surface area contributed by atoms with E-state index in [1.54, 1.807) is 6.20 Å². The Morgan fingerprint density at radius 2 is 2.50 bits per heavy atom. The summed E-state index contributed by atoms with van der Waals surface area (Å²) in [6.45, 7) is 0. The summed E-state index contributed by atoms with van der Waals surface area (Å²) in [7, 11) is 1.96. The number of imidazole rings is 1. The van der Waals surface area contributed by atoms with Crippen LogP contribution < -0.4 is 0 Å². The molecule has 2 rings (SSSR count). The molecule has 1 aromatic rings. The van der Waals surface area contributed by atoms with Crippen LogP contribution in [0.15, 0.2) is 12.4 Å². The first-order valence-corrected chi connectivity index (χ1v) is 4.18. The van der Waals surface area contributed by atoms with E-state index in [4.69, 9.17) is 0 Å². The van der Waals surface area contributed by atoms with Gasteiger partial charge in [-0.25, -0.2) is 4.98 Å². The minimum atomic E-state index is -0.0564. The molecule has 0 spiro atoms. The molecule has 0 radical (unpaired) electrons. The topological polar surface area (TPSA) is 34.9 Å². The average molecular weight is 164 g/mol. The average Bonchev–Trinajstić information content (AvgIpc) is 2.74. The number of hydrogen-bond acceptors (Lipinski definition) is 2. The van der Waals surface area contributed by atoms with Gasteiger partial charge in [-0.05, 0) is 12.8 Å². The third-order valence-electron chi connectivity index (χ3n) is 2.57. The second-order valence-electron chi connectivity index (χ2n) is 3.61. The summed E-state index contributed by atoms with van der Waals surface area (Å²) in [5, 5.41) is 0. The molecular weight excluding hydrogens is 152 g/mol. The molecule has 1 aliphatic rings. The quantitative estimate of drug-likeness (QED) is 0.623. The lowest BCUT2D eigenvalue weighted by Gasteiger charge is -2.05. The van der Waals surface area contributed by atoms with Crippen molar-refractivity contribution in [1.82, 2.24) is 9.55 Å². The van der Waals surface area contributed by atoms with Crippen LogP contribution in [0.5, 0.6) is 0 Å². The van der Waals surface area contributed by atoms with Gasteiger partial charge in [0.2, 0.25) is 0 Å². The number of carbonyl (C=O) groups excluding carboxylic acids is 1. The highest BCUT2D eigenvalue weighted by molar-refractivity contribution is 5.63. The fourth-order valence-corrected chi connectivity index (χ4v) is 1.38. The van der Waals surface area contributed by atoms with Crippen molar-refractivity contribution in [1.29, 1.82) is 0 Å². The molecule has 1 aromatic heterocycles. The summed E-state index contributed by atoms with van der Waals surface area (Å²) in [5.41, 5.74) is -0.0564. The van der Waals surface area contributed by atoms with Crippen molar-refractivity contribution >= 4 is 6.29 Å². The zero-order valence-electron chi connectivity index (χ0n) is 7.16. The lowest BCUT2D eigenvalue weighted by atomic mass is 10.1. The number of rotatable bonds is 3. The Morgan fingerprint density at radius 1 is 1.75 bits per heavy atom. The summed E-state index contributed by atoms with van der Waals surface area (Å²) < 4.78 is 1.98. The van der Waals surface area contributed by atoms with Gasteiger partial charge in [0.15, 0.2) is 0 Å². The largest absolute Gasteiger partial charge is 0.338 e. The van der Waals surface area contributed by atoms with Gasteiger partial charge < -0.3 is 9.36 Å². The van der Waals surface area contributed by atoms with Gasteiger partial charge in [-0.2, -0.15) is 0 Å². The van der Waals surface area contributed by atoms with Crippen LogP contribution in [0.1, 0.15) is 18.7 Å². The summed E-state index contributed by atoms with van der Waals surface area (Å²) in [6.07, 6.45) is 7.64. The first-order chi connectivity index (χ1) is 5.76. The molecule has 3 nitrogen and oxygen atoms in total. The van der Waals surface area contributed by atoms with E-state index in [1.165, 1.54) is 0 Å². The number of nitrogens with zero attached hydrogens (tertiary/aromatic N) is 2. The summed E-state index contributed by atoms with van der Waals surface area (Å²) in [5.74, 6) is 1.01. The molecule has 1 heterocycles. The normalized spacial score (nSPS) is 19.1. The molecule has 1 aliphatic carbocycles. The number of aryl methyl sites for hydroxylation is 1. The zero-order chi connectivity index (χ0) is 8.60. The Bertz CT molecular complexity index is 299. The van der Waals surface area contributed by atoms with Crippen molar-refractivity contribution in [3.8, 4) is 0 Å². The molecule has 0 bridgehead atoms. The minimum absolute atomic E-state index is 0.0564. The number of aldehydes is 1. The smallest absolute Gasteiger partial charge is 0.126 e. The van der Waals surface area contributed by atoms with Crippen molar-refractivity contribution < 1.29 is 4.79 Å². The molecule has 0 saturated heterocycles. The van der Waals surface area contributed by atoms with E-state index < -0.39 is 0 Å². The van der Waals surface area contributed by atoms with E-state index in [9.17, 15) is 4.79 Å². The standard InChI is InChI=1S/C9H12N2O/c1-11-5-4-10-8(11)6-9(7-12)2-3-9/h4-5,7H,2-3,6H2,1H3. The Labute approximate surface area is 71.4 Å². The zero-order valence-corrected chi connectivity index (χ0v) is 7.16. The number of hydrogen-bond donors (Lipinski definition) is 0. The summed E-state index contributed by atoms with van der Waals surface area (Å²) >= 11 is 0. The molecule has 0 aliphatic heterocycles. The molecule has 64 valence electrons. The van der Waals surface area contributed by atoms with E-state index in [0.29, 0.717) is 0 Å². The molecule has 12 heavy (non-hydrogen) atoms. The molecular formula is C9H12N2O. The second-order valence-corrected chi connectivity index (χ2v) is 3.61. The first-order valence-electron chi connectivity index (χ1n) is 4.18. The van der Waals surface area contributed by atoms with Crippen molar-refractivity contribution in [3.63, 3.8) is 0 Å². The third kappa shape index (κ3) is 1.15. The van der Waals surface area contributed by atoms with Crippen LogP contribution in [0.3, 0.4) is 0 Å². The van der Waals surface area contributed by atoms with Gasteiger partial charge in [-0.15, -0.1) is 0 Å². The minimum Gasteiger partial charge on any atom is -0.338 e. The highest BCUT2D eigenvalue weighted by Gasteiger charge is 2.43. The van der Waals surface area contributed by atoms with E-state index >= 15 is 0 Å². The van der Waals surface area contributed by atoms with Gasteiger partial charge in [0, 0.05) is 31.3 Å². The van der Waals surface area contributed by atoms with Crippen LogP contribution in [-0.4, -0.2) is 15.8 Å². The summed E-state index contributed by atoms with van der Waals surface area (Å²) in [4.78, 5) is 14.9. The van der Waals surface area contributed by atoms with Crippen LogP contribution in [0.25, 0.3) is 0 Å². The van der Waals surface area contributed by atoms with Crippen molar-refractivity contribution in [2.24, 2.45) is 12.5 Å². The van der Waals surface area contributed by atoms with Crippen molar-refractivity contribution in [2.75, 3.05) is 0 Å². The maximum atomic E-state index is 10.7. The SMILES string of the molecule is Cn1ccnc1CC1(C=O)CC1. The fourth-order valence-electron chi connectivity index (χ4n) is 1.38. The maximum absolute atomic E-state index is 10.7. The van der Waals surface area contributed by atoms with Crippen molar-refractivity contribution in [2.45, 2.75) is 19.3 Å². The first kappa shape index (κ1) is 7.53. The Balaban J connectivity index is 2.13.